The lowest BCUT2D eigenvalue weighted by atomic mass is 9.90. The van der Waals surface area contributed by atoms with Gasteiger partial charge in [0.15, 0.2) is 0 Å². The Bertz CT molecular complexity index is 337. The number of rotatable bonds is 3. The minimum absolute atomic E-state index is 0.579. The second-order valence-corrected chi connectivity index (χ2v) is 4.07. The summed E-state index contributed by atoms with van der Waals surface area (Å²) in [5.41, 5.74) is 2.63. The summed E-state index contributed by atoms with van der Waals surface area (Å²) < 4.78 is 0. The van der Waals surface area contributed by atoms with Gasteiger partial charge in [-0.05, 0) is 43.9 Å². The molecule has 1 unspecified atom stereocenters. The van der Waals surface area contributed by atoms with Gasteiger partial charge >= 0.3 is 0 Å². The van der Waals surface area contributed by atoms with Crippen LogP contribution in [0.1, 0.15) is 30.0 Å². The standard InChI is InChI=1S/C13H18O/c1-5-8-13(4,14)12-7-6-10(2)11(3)9-12/h5-7,9,14H,1,8H2,2-4H3. The molecule has 1 aromatic carbocycles. The second-order valence-electron chi connectivity index (χ2n) is 4.07. The van der Waals surface area contributed by atoms with E-state index in [1.54, 1.807) is 6.08 Å². The topological polar surface area (TPSA) is 20.2 Å². The highest BCUT2D eigenvalue weighted by Crippen LogP contribution is 2.26. The lowest BCUT2D eigenvalue weighted by molar-refractivity contribution is 0.0606. The van der Waals surface area contributed by atoms with Crippen molar-refractivity contribution in [1.82, 2.24) is 0 Å². The molecule has 1 nitrogen and oxygen atoms in total. The van der Waals surface area contributed by atoms with Gasteiger partial charge in [-0.15, -0.1) is 6.58 Å². The third kappa shape index (κ3) is 2.24. The first kappa shape index (κ1) is 11.0. The van der Waals surface area contributed by atoms with Gasteiger partial charge in [0, 0.05) is 0 Å². The van der Waals surface area contributed by atoms with Gasteiger partial charge in [0.2, 0.25) is 0 Å². The molecular weight excluding hydrogens is 172 g/mol. The molecule has 14 heavy (non-hydrogen) atoms. The van der Waals surface area contributed by atoms with Crippen LogP contribution in [0, 0.1) is 13.8 Å². The summed E-state index contributed by atoms with van der Waals surface area (Å²) in [6, 6.07) is 6.06. The average Bonchev–Trinajstić information content (AvgIpc) is 2.09. The summed E-state index contributed by atoms with van der Waals surface area (Å²) in [6.45, 7) is 9.60. The molecule has 1 atom stereocenters. The van der Waals surface area contributed by atoms with Crippen LogP contribution in [0.3, 0.4) is 0 Å². The van der Waals surface area contributed by atoms with Crippen molar-refractivity contribution in [2.45, 2.75) is 32.8 Å². The van der Waals surface area contributed by atoms with E-state index < -0.39 is 5.60 Å². The zero-order valence-electron chi connectivity index (χ0n) is 9.17. The summed E-state index contributed by atoms with van der Waals surface area (Å²) in [6.07, 6.45) is 2.32. The third-order valence-electron chi connectivity index (χ3n) is 2.67. The van der Waals surface area contributed by atoms with E-state index in [0.717, 1.165) is 5.56 Å². The van der Waals surface area contributed by atoms with Crippen molar-refractivity contribution in [2.24, 2.45) is 0 Å². The van der Waals surface area contributed by atoms with Crippen LogP contribution in [0.4, 0.5) is 0 Å². The van der Waals surface area contributed by atoms with E-state index in [9.17, 15) is 5.11 Å². The molecule has 0 aliphatic rings. The van der Waals surface area contributed by atoms with Gasteiger partial charge in [-0.25, -0.2) is 0 Å². The van der Waals surface area contributed by atoms with Crippen molar-refractivity contribution in [3.8, 4) is 0 Å². The van der Waals surface area contributed by atoms with Crippen molar-refractivity contribution >= 4 is 0 Å². The first-order valence-electron chi connectivity index (χ1n) is 4.88. The Morgan fingerprint density at radius 3 is 2.50 bits per heavy atom. The predicted molar refractivity (Wildman–Crippen MR) is 60.3 cm³/mol. The van der Waals surface area contributed by atoms with Crippen LogP contribution in [-0.4, -0.2) is 5.11 Å². The van der Waals surface area contributed by atoms with Crippen molar-refractivity contribution in [3.05, 3.63) is 47.5 Å². The molecule has 0 amide bonds. The first-order valence-corrected chi connectivity index (χ1v) is 4.88. The molecule has 0 fully saturated rings. The Kier molecular flexibility index (Phi) is 3.12. The van der Waals surface area contributed by atoms with Gasteiger partial charge in [-0.3, -0.25) is 0 Å². The van der Waals surface area contributed by atoms with Gasteiger partial charge < -0.3 is 5.11 Å². The van der Waals surface area contributed by atoms with Crippen LogP contribution in [0.25, 0.3) is 0 Å². The Morgan fingerprint density at radius 1 is 1.36 bits per heavy atom. The van der Waals surface area contributed by atoms with Crippen molar-refractivity contribution < 1.29 is 5.11 Å². The SMILES string of the molecule is C=CCC(C)(O)c1ccc(C)c(C)c1. The number of hydrogen-bond donors (Lipinski definition) is 1. The highest BCUT2D eigenvalue weighted by atomic mass is 16.3. The number of aryl methyl sites for hydroxylation is 2. The zero-order valence-corrected chi connectivity index (χ0v) is 9.17. The van der Waals surface area contributed by atoms with Gasteiger partial charge in [-0.2, -0.15) is 0 Å². The van der Waals surface area contributed by atoms with E-state index in [1.165, 1.54) is 11.1 Å². The largest absolute Gasteiger partial charge is 0.385 e. The first-order chi connectivity index (χ1) is 6.47. The Balaban J connectivity index is 3.07. The van der Waals surface area contributed by atoms with E-state index in [-0.39, 0.29) is 0 Å². The Morgan fingerprint density at radius 2 is 2.00 bits per heavy atom. The molecule has 1 aromatic rings. The highest BCUT2D eigenvalue weighted by molar-refractivity contribution is 5.33. The summed E-state index contributed by atoms with van der Waals surface area (Å²) >= 11 is 0. The van der Waals surface area contributed by atoms with Crippen molar-refractivity contribution in [1.29, 1.82) is 0 Å². The summed E-state index contributed by atoms with van der Waals surface area (Å²) in [5, 5.41) is 10.1. The van der Waals surface area contributed by atoms with E-state index in [2.05, 4.69) is 20.4 Å². The maximum Gasteiger partial charge on any atom is 0.0902 e. The molecule has 0 aliphatic heterocycles. The van der Waals surface area contributed by atoms with Gasteiger partial charge in [0.25, 0.3) is 0 Å². The molecule has 0 heterocycles. The molecule has 0 aliphatic carbocycles. The molecule has 76 valence electrons. The summed E-state index contributed by atoms with van der Waals surface area (Å²) in [5.74, 6) is 0. The van der Waals surface area contributed by atoms with Crippen molar-refractivity contribution in [2.75, 3.05) is 0 Å². The van der Waals surface area contributed by atoms with Crippen LogP contribution < -0.4 is 0 Å². The molecular formula is C13H18O. The molecule has 0 aromatic heterocycles. The maximum atomic E-state index is 10.1. The molecule has 1 N–H and O–H groups in total. The van der Waals surface area contributed by atoms with E-state index >= 15 is 0 Å². The third-order valence-corrected chi connectivity index (χ3v) is 2.67. The van der Waals surface area contributed by atoms with Gasteiger partial charge in [0.05, 0.1) is 5.60 Å². The fourth-order valence-electron chi connectivity index (χ4n) is 1.48. The predicted octanol–water partition coefficient (Wildman–Crippen LogP) is 3.09. The monoisotopic (exact) mass is 190 g/mol. The van der Waals surface area contributed by atoms with Gasteiger partial charge in [0.1, 0.15) is 0 Å². The molecule has 0 bridgehead atoms. The molecule has 1 heteroatoms. The normalized spacial score (nSPS) is 14.9. The summed E-state index contributed by atoms with van der Waals surface area (Å²) in [7, 11) is 0. The van der Waals surface area contributed by atoms with Crippen LogP contribution >= 0.6 is 0 Å². The minimum Gasteiger partial charge on any atom is -0.385 e. The van der Waals surface area contributed by atoms with E-state index in [0.29, 0.717) is 6.42 Å². The minimum atomic E-state index is -0.791. The van der Waals surface area contributed by atoms with Crippen molar-refractivity contribution in [3.63, 3.8) is 0 Å². The number of benzene rings is 1. The molecule has 0 radical (unpaired) electrons. The quantitative estimate of drug-likeness (QED) is 0.726. The van der Waals surface area contributed by atoms with Crippen LogP contribution in [0.15, 0.2) is 30.9 Å². The zero-order chi connectivity index (χ0) is 10.8. The fourth-order valence-corrected chi connectivity index (χ4v) is 1.48. The molecule has 0 saturated heterocycles. The summed E-state index contributed by atoms with van der Waals surface area (Å²) in [4.78, 5) is 0. The lowest BCUT2D eigenvalue weighted by Crippen LogP contribution is -2.20. The van der Waals surface area contributed by atoms with Crippen LogP contribution in [0.5, 0.6) is 0 Å². The number of aliphatic hydroxyl groups is 1. The molecule has 0 saturated carbocycles. The molecule has 1 rings (SSSR count). The van der Waals surface area contributed by atoms with Crippen LogP contribution in [0.2, 0.25) is 0 Å². The van der Waals surface area contributed by atoms with E-state index in [1.807, 2.05) is 25.1 Å². The highest BCUT2D eigenvalue weighted by Gasteiger charge is 2.21. The fraction of sp³-hybridized carbons (Fsp3) is 0.385. The lowest BCUT2D eigenvalue weighted by Gasteiger charge is -2.23. The smallest absolute Gasteiger partial charge is 0.0902 e. The molecule has 0 spiro atoms. The Labute approximate surface area is 86.1 Å². The maximum absolute atomic E-state index is 10.1. The number of hydrogen-bond acceptors (Lipinski definition) is 1. The average molecular weight is 190 g/mol. The second kappa shape index (κ2) is 3.97. The van der Waals surface area contributed by atoms with Gasteiger partial charge in [-0.1, -0.05) is 24.3 Å². The van der Waals surface area contributed by atoms with E-state index in [4.69, 9.17) is 0 Å². The Hall–Kier alpha value is -1.08. The van der Waals surface area contributed by atoms with Crippen LogP contribution in [-0.2, 0) is 5.60 Å².